The molecule has 2 atom stereocenters. The molecule has 100 heavy (non-hydrogen) atoms. The van der Waals surface area contributed by atoms with E-state index in [1.807, 2.05) is 21.1 Å². The number of likely N-dealkylation sites (N-methyl/N-ethyl adjacent to an activating group) is 1. The average Bonchev–Trinajstić information content (AvgIpc) is 1.02. The van der Waals surface area contributed by atoms with Crippen LogP contribution in [-0.4, -0.2) is 74.9 Å². The summed E-state index contributed by atoms with van der Waals surface area (Å²) >= 11 is 0. The first kappa shape index (κ1) is 97.7. The zero-order valence-corrected chi connectivity index (χ0v) is 68.4. The van der Waals surface area contributed by atoms with E-state index in [2.05, 4.69) is 74.6 Å². The van der Waals surface area contributed by atoms with Gasteiger partial charge in [0.15, 0.2) is 6.10 Å². The number of nitrogens with zero attached hydrogens (tertiary/aromatic N) is 1. The molecule has 0 radical (unpaired) electrons. The fourth-order valence-corrected chi connectivity index (χ4v) is 14.1. The molecule has 0 saturated heterocycles. The van der Waals surface area contributed by atoms with E-state index in [1.54, 1.807) is 0 Å². The van der Waals surface area contributed by atoms with Gasteiger partial charge in [0.05, 0.1) is 27.7 Å². The summed E-state index contributed by atoms with van der Waals surface area (Å²) in [5.74, 6) is -0.770. The Morgan fingerprint density at radius 1 is 0.320 bits per heavy atom. The van der Waals surface area contributed by atoms with Gasteiger partial charge in [-0.25, -0.2) is 4.57 Å². The lowest BCUT2D eigenvalue weighted by Gasteiger charge is -2.24. The first-order valence-corrected chi connectivity index (χ1v) is 45.5. The van der Waals surface area contributed by atoms with Crippen LogP contribution in [0.1, 0.15) is 450 Å². The number of esters is 2. The summed E-state index contributed by atoms with van der Waals surface area (Å²) in [6, 6.07) is 0. The highest BCUT2D eigenvalue weighted by molar-refractivity contribution is 7.47. The van der Waals surface area contributed by atoms with Gasteiger partial charge in [0.25, 0.3) is 0 Å². The van der Waals surface area contributed by atoms with Gasteiger partial charge in [0.1, 0.15) is 19.8 Å². The number of phosphoric acid groups is 1. The van der Waals surface area contributed by atoms with Gasteiger partial charge in [0, 0.05) is 12.8 Å². The predicted octanol–water partition coefficient (Wildman–Crippen LogP) is 29.6. The lowest BCUT2D eigenvalue weighted by Crippen LogP contribution is -2.37. The first-order chi connectivity index (χ1) is 49.0. The van der Waals surface area contributed by atoms with Crippen molar-refractivity contribution in [3.8, 4) is 0 Å². The van der Waals surface area contributed by atoms with Crippen molar-refractivity contribution in [1.29, 1.82) is 0 Å². The number of hydrogen-bond acceptors (Lipinski definition) is 7. The molecule has 10 heteroatoms. The topological polar surface area (TPSA) is 108 Å². The Hall–Kier alpha value is -2.29. The summed E-state index contributed by atoms with van der Waals surface area (Å²) in [6.45, 7) is 4.40. The molecule has 0 fully saturated rings. The molecular formula is C90H171NO8P+. The number of ether oxygens (including phenoxy) is 2. The van der Waals surface area contributed by atoms with Crippen molar-refractivity contribution in [2.75, 3.05) is 47.5 Å². The van der Waals surface area contributed by atoms with Crippen molar-refractivity contribution >= 4 is 19.8 Å². The van der Waals surface area contributed by atoms with Crippen LogP contribution in [0.4, 0.5) is 0 Å². The molecule has 9 nitrogen and oxygen atoms in total. The number of unbranched alkanes of at least 4 members (excludes halogenated alkanes) is 59. The number of carbonyl (C=O) groups excluding carboxylic acids is 2. The first-order valence-electron chi connectivity index (χ1n) is 44.0. The lowest BCUT2D eigenvalue weighted by molar-refractivity contribution is -0.870. The second-order valence-electron chi connectivity index (χ2n) is 31.3. The van der Waals surface area contributed by atoms with Gasteiger partial charge in [-0.3, -0.25) is 18.6 Å². The molecule has 0 amide bonds. The highest BCUT2D eigenvalue weighted by atomic mass is 31.2. The van der Waals surface area contributed by atoms with Crippen LogP contribution in [0.3, 0.4) is 0 Å². The third kappa shape index (κ3) is 84.6. The van der Waals surface area contributed by atoms with Crippen LogP contribution >= 0.6 is 7.82 Å². The smallest absolute Gasteiger partial charge is 0.462 e. The molecule has 0 heterocycles. The number of allylic oxidation sites excluding steroid dienone is 10. The molecular weight excluding hydrogens is 1250 g/mol. The van der Waals surface area contributed by atoms with E-state index in [4.69, 9.17) is 18.5 Å². The van der Waals surface area contributed by atoms with Crippen LogP contribution in [0.25, 0.3) is 0 Å². The molecule has 0 aliphatic rings. The Kier molecular flexibility index (Phi) is 78.9. The van der Waals surface area contributed by atoms with Crippen molar-refractivity contribution < 1.29 is 42.1 Å². The summed E-state index contributed by atoms with van der Waals surface area (Å²) in [5.41, 5.74) is 0. The van der Waals surface area contributed by atoms with Gasteiger partial charge in [-0.05, 0) is 77.0 Å². The molecule has 588 valence electrons. The van der Waals surface area contributed by atoms with Gasteiger partial charge in [-0.2, -0.15) is 0 Å². The second-order valence-corrected chi connectivity index (χ2v) is 32.7. The van der Waals surface area contributed by atoms with Gasteiger partial charge in [0.2, 0.25) is 0 Å². The highest BCUT2D eigenvalue weighted by Gasteiger charge is 2.27. The van der Waals surface area contributed by atoms with Crippen LogP contribution < -0.4 is 0 Å². The number of hydrogen-bond donors (Lipinski definition) is 1. The Bertz CT molecular complexity index is 1870. The molecule has 0 saturated carbocycles. The van der Waals surface area contributed by atoms with E-state index in [9.17, 15) is 19.0 Å². The lowest BCUT2D eigenvalue weighted by atomic mass is 10.0. The normalized spacial score (nSPS) is 13.2. The van der Waals surface area contributed by atoms with Crippen molar-refractivity contribution in [2.24, 2.45) is 0 Å². The van der Waals surface area contributed by atoms with Crippen LogP contribution in [0.5, 0.6) is 0 Å². The van der Waals surface area contributed by atoms with Crippen molar-refractivity contribution in [3.63, 3.8) is 0 Å². The Morgan fingerprint density at radius 2 is 0.570 bits per heavy atom. The molecule has 0 aromatic rings. The van der Waals surface area contributed by atoms with Crippen molar-refractivity contribution in [3.05, 3.63) is 60.8 Å². The van der Waals surface area contributed by atoms with E-state index in [-0.39, 0.29) is 25.6 Å². The van der Waals surface area contributed by atoms with E-state index >= 15 is 0 Å². The fourth-order valence-electron chi connectivity index (χ4n) is 13.4. The number of carbonyl (C=O) groups is 2. The summed E-state index contributed by atoms with van der Waals surface area (Å²) in [5, 5.41) is 0. The van der Waals surface area contributed by atoms with E-state index in [1.165, 1.54) is 360 Å². The zero-order valence-electron chi connectivity index (χ0n) is 67.5. The number of phosphoric ester groups is 1. The van der Waals surface area contributed by atoms with Crippen LogP contribution in [-0.2, 0) is 32.7 Å². The third-order valence-corrected chi connectivity index (χ3v) is 21.0. The Balaban J connectivity index is 3.85. The van der Waals surface area contributed by atoms with Crippen LogP contribution in [0.15, 0.2) is 60.8 Å². The maximum absolute atomic E-state index is 12.9. The summed E-state index contributed by atoms with van der Waals surface area (Å²) < 4.78 is 34.9. The minimum atomic E-state index is -4.40. The minimum Gasteiger partial charge on any atom is -0.462 e. The van der Waals surface area contributed by atoms with Gasteiger partial charge >= 0.3 is 19.8 Å². The molecule has 0 spiro atoms. The van der Waals surface area contributed by atoms with E-state index in [0.29, 0.717) is 23.9 Å². The van der Waals surface area contributed by atoms with Gasteiger partial charge in [-0.1, -0.05) is 421 Å². The number of rotatable bonds is 83. The monoisotopic (exact) mass is 1430 g/mol. The standard InChI is InChI=1S/C90H170NO8P/c1-6-8-10-12-14-16-18-20-22-24-26-28-30-32-34-36-38-40-42-44-45-47-48-50-52-54-56-58-60-62-64-66-68-70-72-74-76-78-80-82-89(92)96-86-88(87-98-100(94,95)97-85-84-91(3,4)5)99-90(93)83-81-79-77-75-73-71-69-67-65-63-61-59-57-55-53-51-49-46-43-41-39-37-35-33-31-29-27-25-23-21-19-17-15-13-11-9-7-2/h9,11,15,17,21,23-24,26-27,29,88H,6-8,10,12-14,16,18-20,22,25,28,30-87H2,1-5H3/p+1/b11-9-,17-15-,23-21-,26-24-,29-27-. The molecule has 1 N–H and O–H groups in total. The zero-order chi connectivity index (χ0) is 72.5. The summed E-state index contributed by atoms with van der Waals surface area (Å²) in [7, 11) is 1.50. The average molecular weight is 1430 g/mol. The van der Waals surface area contributed by atoms with E-state index < -0.39 is 26.5 Å². The molecule has 0 aromatic carbocycles. The van der Waals surface area contributed by atoms with Crippen molar-refractivity contribution in [1.82, 2.24) is 0 Å². The Labute approximate surface area is 623 Å². The maximum Gasteiger partial charge on any atom is 0.472 e. The quantitative estimate of drug-likeness (QED) is 0.0211. The molecule has 0 aliphatic carbocycles. The largest absolute Gasteiger partial charge is 0.472 e. The Morgan fingerprint density at radius 3 is 0.860 bits per heavy atom. The van der Waals surface area contributed by atoms with Gasteiger partial charge < -0.3 is 18.9 Å². The highest BCUT2D eigenvalue weighted by Crippen LogP contribution is 2.43. The van der Waals surface area contributed by atoms with Crippen LogP contribution in [0.2, 0.25) is 0 Å². The molecule has 0 bridgehead atoms. The predicted molar refractivity (Wildman–Crippen MR) is 436 cm³/mol. The van der Waals surface area contributed by atoms with Crippen molar-refractivity contribution in [2.45, 2.75) is 457 Å². The number of quaternary nitrogens is 1. The van der Waals surface area contributed by atoms with Gasteiger partial charge in [-0.15, -0.1) is 0 Å². The summed E-state index contributed by atoms with van der Waals surface area (Å²) in [6.07, 6.45) is 110. The molecule has 0 aromatic heterocycles. The molecule has 2 unspecified atom stereocenters. The summed E-state index contributed by atoms with van der Waals surface area (Å²) in [4.78, 5) is 36.1. The molecule has 0 aliphatic heterocycles. The minimum absolute atomic E-state index is 0.0348. The van der Waals surface area contributed by atoms with E-state index in [0.717, 1.165) is 57.8 Å². The fraction of sp³-hybridized carbons (Fsp3) is 0.867. The van der Waals surface area contributed by atoms with Crippen LogP contribution in [0, 0.1) is 0 Å². The SMILES string of the molecule is CC/C=C\C/C=C\C/C=C\C/C=C\CCCCCCCCCCCCCCCCCCCCCCCCCCC(=O)OC(COC(=O)CCCCCCCCCCCCCCCCCCCCCCCCCCCCC/C=C\CCCCCCCCCC)COP(=O)(O)OCC[N+](C)(C)C. The maximum atomic E-state index is 12.9. The third-order valence-electron chi connectivity index (χ3n) is 20.0. The molecule has 0 rings (SSSR count). The second kappa shape index (κ2) is 80.8.